The topological polar surface area (TPSA) is 24.4 Å². The zero-order chi connectivity index (χ0) is 13.6. The Morgan fingerprint density at radius 1 is 1.37 bits per heavy atom. The van der Waals surface area contributed by atoms with Crippen molar-refractivity contribution in [1.82, 2.24) is 0 Å². The molecule has 1 aliphatic rings. The standard InChI is InChI=1S/C13H14BCl2N2.Y/c1-8(13(14)7-12(13,2)3)17-18-11-9(15)5-4-6-10(11)16;/h5-6,18H,7H2,1-3H3;/q-1;/b17-8+;. The van der Waals surface area contributed by atoms with Gasteiger partial charge in [0.2, 0.25) is 0 Å². The van der Waals surface area contributed by atoms with E-state index in [1.807, 2.05) is 6.92 Å². The molecule has 0 bridgehead atoms. The summed E-state index contributed by atoms with van der Waals surface area (Å²) in [6, 6.07) is 6.11. The number of hydrazone groups is 1. The molecule has 0 aromatic heterocycles. The average Bonchev–Trinajstić information content (AvgIpc) is 2.78. The van der Waals surface area contributed by atoms with E-state index in [4.69, 9.17) is 31.0 Å². The molecule has 0 spiro atoms. The molecule has 6 heteroatoms. The van der Waals surface area contributed by atoms with E-state index in [0.717, 1.165) is 12.1 Å². The smallest absolute Gasteiger partial charge is 0.0835 e. The molecule has 97 valence electrons. The fourth-order valence-electron chi connectivity index (χ4n) is 2.06. The zero-order valence-corrected chi connectivity index (χ0v) is 15.6. The summed E-state index contributed by atoms with van der Waals surface area (Å²) in [5.41, 5.74) is 4.42. The first-order valence-electron chi connectivity index (χ1n) is 5.73. The second-order valence-electron chi connectivity index (χ2n) is 5.37. The molecule has 3 radical (unpaired) electrons. The summed E-state index contributed by atoms with van der Waals surface area (Å²) in [5, 5.41) is 4.94. The van der Waals surface area contributed by atoms with E-state index in [2.05, 4.69) is 30.4 Å². The van der Waals surface area contributed by atoms with Gasteiger partial charge in [-0.2, -0.15) is 46.5 Å². The third-order valence-corrected chi connectivity index (χ3v) is 4.28. The predicted molar refractivity (Wildman–Crippen MR) is 78.9 cm³/mol. The van der Waals surface area contributed by atoms with E-state index >= 15 is 0 Å². The monoisotopic (exact) mass is 368 g/mol. The van der Waals surface area contributed by atoms with Crippen molar-refractivity contribution in [3.05, 3.63) is 28.2 Å². The van der Waals surface area contributed by atoms with Gasteiger partial charge >= 0.3 is 0 Å². The van der Waals surface area contributed by atoms with Crippen LogP contribution in [0.5, 0.6) is 0 Å². The van der Waals surface area contributed by atoms with E-state index in [0.29, 0.717) is 15.7 Å². The van der Waals surface area contributed by atoms with Crippen LogP contribution in [0.15, 0.2) is 17.2 Å². The molecule has 0 heterocycles. The Bertz CT molecular complexity index is 499. The number of rotatable bonds is 3. The van der Waals surface area contributed by atoms with Crippen LogP contribution >= 0.6 is 23.2 Å². The van der Waals surface area contributed by atoms with Gasteiger partial charge in [0.25, 0.3) is 0 Å². The molecule has 0 amide bonds. The van der Waals surface area contributed by atoms with Crippen molar-refractivity contribution in [2.24, 2.45) is 10.5 Å². The molecule has 1 fully saturated rings. The molecular weight excluding hydrogens is 355 g/mol. The van der Waals surface area contributed by atoms with Gasteiger partial charge in [0.1, 0.15) is 0 Å². The summed E-state index contributed by atoms with van der Waals surface area (Å²) in [6.07, 6.45) is 0.932. The van der Waals surface area contributed by atoms with Crippen molar-refractivity contribution >= 4 is 42.4 Å². The SMILES string of the molecule is [B]C1(/C(C)=N/Nc2c(Cl)c[c-]cc2Cl)CC1(C)C.[Y]. The van der Waals surface area contributed by atoms with Crippen molar-refractivity contribution in [3.8, 4) is 0 Å². The van der Waals surface area contributed by atoms with Crippen LogP contribution in [0.3, 0.4) is 0 Å². The zero-order valence-electron chi connectivity index (χ0n) is 11.2. The predicted octanol–water partition coefficient (Wildman–Crippen LogP) is 4.34. The first-order valence-corrected chi connectivity index (χ1v) is 6.48. The van der Waals surface area contributed by atoms with Crippen molar-refractivity contribution in [3.63, 3.8) is 0 Å². The van der Waals surface area contributed by atoms with Gasteiger partial charge in [-0.15, -0.1) is 0 Å². The Hall–Kier alpha value is 0.439. The summed E-state index contributed by atoms with van der Waals surface area (Å²) in [6.45, 7) is 6.17. The molecule has 2 nitrogen and oxygen atoms in total. The molecule has 2 rings (SSSR count). The summed E-state index contributed by atoms with van der Waals surface area (Å²) in [4.78, 5) is 0. The number of halogens is 2. The van der Waals surface area contributed by atoms with E-state index < -0.39 is 0 Å². The van der Waals surface area contributed by atoms with Crippen LogP contribution in [-0.4, -0.2) is 13.6 Å². The van der Waals surface area contributed by atoms with Gasteiger partial charge in [-0.3, -0.25) is 0 Å². The van der Waals surface area contributed by atoms with E-state index in [-0.39, 0.29) is 43.4 Å². The minimum Gasteiger partial charge on any atom is -0.300 e. The minimum absolute atomic E-state index is 0. The van der Waals surface area contributed by atoms with Crippen LogP contribution in [0.1, 0.15) is 27.2 Å². The Kier molecular flexibility index (Phi) is 5.57. The molecule has 1 saturated carbocycles. The van der Waals surface area contributed by atoms with Crippen molar-refractivity contribution in [1.29, 1.82) is 0 Å². The first kappa shape index (κ1) is 17.5. The van der Waals surface area contributed by atoms with Gasteiger partial charge in [-0.05, 0) is 39.8 Å². The van der Waals surface area contributed by atoms with E-state index in [1.54, 1.807) is 12.1 Å². The Morgan fingerprint density at radius 2 is 1.84 bits per heavy atom. The van der Waals surface area contributed by atoms with Crippen molar-refractivity contribution < 1.29 is 32.7 Å². The number of nitrogens with one attached hydrogen (secondary N) is 1. The normalized spacial score (nSPS) is 24.6. The average molecular weight is 369 g/mol. The van der Waals surface area contributed by atoms with E-state index in [1.165, 1.54) is 0 Å². The fourth-order valence-corrected chi connectivity index (χ4v) is 2.53. The van der Waals surface area contributed by atoms with Gasteiger partial charge in [-0.1, -0.05) is 13.8 Å². The summed E-state index contributed by atoms with van der Waals surface area (Å²) in [5.74, 6) is 0. The maximum atomic E-state index is 6.27. The Morgan fingerprint density at radius 3 is 2.26 bits per heavy atom. The molecule has 0 saturated heterocycles. The molecule has 1 atom stereocenters. The minimum atomic E-state index is -0.333. The number of benzene rings is 1. The number of anilines is 1. The molecule has 1 aliphatic carbocycles. The van der Waals surface area contributed by atoms with Gasteiger partial charge < -0.3 is 5.43 Å². The molecular formula is C13H14BCl2N2Y-. The van der Waals surface area contributed by atoms with Gasteiger partial charge in [0.15, 0.2) is 0 Å². The van der Waals surface area contributed by atoms with Gasteiger partial charge in [0, 0.05) is 38.4 Å². The maximum absolute atomic E-state index is 6.27. The van der Waals surface area contributed by atoms with Crippen LogP contribution in [0.25, 0.3) is 0 Å². The Balaban J connectivity index is 0.00000180. The molecule has 1 aromatic carbocycles. The fraction of sp³-hybridized carbons (Fsp3) is 0.462. The number of nitrogens with zero attached hydrogens (tertiary/aromatic N) is 1. The third-order valence-electron chi connectivity index (χ3n) is 3.68. The molecule has 19 heavy (non-hydrogen) atoms. The molecule has 1 unspecified atom stereocenters. The first-order chi connectivity index (χ1) is 8.28. The van der Waals surface area contributed by atoms with Crippen LogP contribution < -0.4 is 5.43 Å². The van der Waals surface area contributed by atoms with Crippen LogP contribution in [0.4, 0.5) is 5.69 Å². The third kappa shape index (κ3) is 3.37. The van der Waals surface area contributed by atoms with Crippen LogP contribution in [-0.2, 0) is 32.7 Å². The van der Waals surface area contributed by atoms with Gasteiger partial charge in [-0.25, -0.2) is 0 Å². The van der Waals surface area contributed by atoms with Crippen molar-refractivity contribution in [2.75, 3.05) is 5.43 Å². The second-order valence-corrected chi connectivity index (χ2v) is 6.18. The summed E-state index contributed by atoms with van der Waals surface area (Å²) < 4.78 is 0. The van der Waals surface area contributed by atoms with Crippen molar-refractivity contribution in [2.45, 2.75) is 32.5 Å². The molecule has 0 aliphatic heterocycles. The maximum Gasteiger partial charge on any atom is 0.0835 e. The molecule has 1 N–H and O–H groups in total. The quantitative estimate of drug-likeness (QED) is 0.365. The number of hydrogen-bond donors (Lipinski definition) is 1. The summed E-state index contributed by atoms with van der Waals surface area (Å²) in [7, 11) is 6.27. The van der Waals surface area contributed by atoms with Crippen LogP contribution in [0, 0.1) is 11.5 Å². The largest absolute Gasteiger partial charge is 0.300 e. The van der Waals surface area contributed by atoms with Crippen LogP contribution in [0.2, 0.25) is 15.4 Å². The van der Waals surface area contributed by atoms with Gasteiger partial charge in [0.05, 0.1) is 7.85 Å². The summed E-state index contributed by atoms with van der Waals surface area (Å²) >= 11 is 12.0. The van der Waals surface area contributed by atoms with E-state index in [9.17, 15) is 0 Å². The second kappa shape index (κ2) is 6.05. The molecule has 1 aromatic rings. The Labute approximate surface area is 151 Å². The number of hydrogen-bond acceptors (Lipinski definition) is 2.